The summed E-state index contributed by atoms with van der Waals surface area (Å²) in [4.78, 5) is 8.25. The van der Waals surface area contributed by atoms with Crippen molar-refractivity contribution >= 4 is 22.7 Å². The van der Waals surface area contributed by atoms with Gasteiger partial charge in [-0.3, -0.25) is 0 Å². The molecule has 1 aliphatic carbocycles. The molecular weight excluding hydrogens is 332 g/mol. The second-order valence-corrected chi connectivity index (χ2v) is 5.42. The maximum absolute atomic E-state index is 8.25. The molecule has 0 atom stereocenters. The molecule has 5 N–H and O–H groups in total. The van der Waals surface area contributed by atoms with E-state index in [1.165, 1.54) is 0 Å². The molecule has 26 heavy (non-hydrogen) atoms. The van der Waals surface area contributed by atoms with Crippen molar-refractivity contribution in [1.29, 1.82) is 5.41 Å². The third-order valence-corrected chi connectivity index (χ3v) is 3.57. The van der Waals surface area contributed by atoms with Crippen LogP contribution in [0, 0.1) is 20.7 Å². The Labute approximate surface area is 150 Å². The van der Waals surface area contributed by atoms with Gasteiger partial charge in [-0.1, -0.05) is 36.4 Å². The van der Waals surface area contributed by atoms with Gasteiger partial charge in [-0.2, -0.15) is 0 Å². The molecule has 0 fully saturated rings. The fourth-order valence-electron chi connectivity index (χ4n) is 2.44. The second-order valence-electron chi connectivity index (χ2n) is 5.42. The van der Waals surface area contributed by atoms with Crippen LogP contribution in [0.25, 0.3) is 5.57 Å². The van der Waals surface area contributed by atoms with E-state index in [1.807, 2.05) is 60.7 Å². The van der Waals surface area contributed by atoms with Crippen LogP contribution in [0.15, 0.2) is 78.4 Å². The number of nitrogens with zero attached hydrogens (tertiary/aromatic N) is 1. The SMILES string of the molecule is N=C1C=CC(=C(c2ccc(N)cc2)c2ccc(N)cc2)C=C1.O=[N+]([O-])[O-]. The van der Waals surface area contributed by atoms with Crippen molar-refractivity contribution < 1.29 is 5.09 Å². The normalized spacial score (nSPS) is 12.3. The monoisotopic (exact) mass is 349 g/mol. The highest BCUT2D eigenvalue weighted by Crippen LogP contribution is 2.30. The topological polar surface area (TPSA) is 142 Å². The molecule has 7 nitrogen and oxygen atoms in total. The van der Waals surface area contributed by atoms with Crippen LogP contribution < -0.4 is 11.5 Å². The Morgan fingerprint density at radius 2 is 1.12 bits per heavy atom. The van der Waals surface area contributed by atoms with Gasteiger partial charge >= 0.3 is 0 Å². The van der Waals surface area contributed by atoms with Gasteiger partial charge in [-0.15, -0.1) is 0 Å². The van der Waals surface area contributed by atoms with Gasteiger partial charge in [0.2, 0.25) is 0 Å². The number of benzene rings is 2. The quantitative estimate of drug-likeness (QED) is 0.431. The van der Waals surface area contributed by atoms with Gasteiger partial charge < -0.3 is 32.2 Å². The zero-order valence-corrected chi connectivity index (χ0v) is 13.8. The molecule has 132 valence electrons. The van der Waals surface area contributed by atoms with Crippen molar-refractivity contribution in [3.05, 3.63) is 105 Å². The summed E-state index contributed by atoms with van der Waals surface area (Å²) in [5.41, 5.74) is 17.9. The Morgan fingerprint density at radius 3 is 1.46 bits per heavy atom. The number of nitrogen functional groups attached to an aromatic ring is 2. The zero-order chi connectivity index (χ0) is 19.1. The first-order valence-corrected chi connectivity index (χ1v) is 7.59. The lowest BCUT2D eigenvalue weighted by Gasteiger charge is -2.14. The standard InChI is InChI=1S/C19H17N3.NO3/c20-16-7-1-13(2-8-16)19(14-3-9-17(21)10-4-14)15-5-11-18(22)12-6-15;2-1(3)4/h1-12,20H,21-22H2;/q;-1. The molecule has 0 saturated heterocycles. The first kappa shape index (κ1) is 18.5. The molecule has 2 aromatic rings. The summed E-state index contributed by atoms with van der Waals surface area (Å²) in [6.07, 6.45) is 7.52. The molecule has 0 radical (unpaired) electrons. The lowest BCUT2D eigenvalue weighted by Crippen LogP contribution is -1.97. The van der Waals surface area contributed by atoms with Gasteiger partial charge in [-0.25, -0.2) is 0 Å². The lowest BCUT2D eigenvalue weighted by atomic mass is 9.90. The molecule has 0 saturated carbocycles. The van der Waals surface area contributed by atoms with E-state index < -0.39 is 5.09 Å². The maximum Gasteiger partial charge on any atom is 0.0689 e. The summed E-state index contributed by atoms with van der Waals surface area (Å²) in [7, 11) is 0. The van der Waals surface area contributed by atoms with E-state index in [9.17, 15) is 0 Å². The van der Waals surface area contributed by atoms with E-state index in [0.29, 0.717) is 5.71 Å². The molecular formula is C19H17N4O3-. The summed E-state index contributed by atoms with van der Waals surface area (Å²) >= 11 is 0. The molecule has 7 heteroatoms. The van der Waals surface area contributed by atoms with Gasteiger partial charge in [0.15, 0.2) is 0 Å². The molecule has 0 aliphatic heterocycles. The number of hydrogen-bond donors (Lipinski definition) is 3. The van der Waals surface area contributed by atoms with Crippen LogP contribution in [0.2, 0.25) is 0 Å². The Morgan fingerprint density at radius 1 is 0.769 bits per heavy atom. The smallest absolute Gasteiger partial charge is 0.0689 e. The van der Waals surface area contributed by atoms with Crippen LogP contribution in [0.1, 0.15) is 11.1 Å². The van der Waals surface area contributed by atoms with E-state index in [-0.39, 0.29) is 0 Å². The van der Waals surface area contributed by atoms with Crippen LogP contribution in [-0.4, -0.2) is 10.8 Å². The summed E-state index contributed by atoms with van der Waals surface area (Å²) in [5.74, 6) is 0. The minimum absolute atomic E-state index is 0.498. The number of anilines is 2. The predicted molar refractivity (Wildman–Crippen MR) is 104 cm³/mol. The Bertz CT molecular complexity index is 826. The second kappa shape index (κ2) is 8.29. The average Bonchev–Trinajstić information content (AvgIpc) is 2.60. The van der Waals surface area contributed by atoms with Crippen LogP contribution in [0.4, 0.5) is 11.4 Å². The van der Waals surface area contributed by atoms with Gasteiger partial charge in [0.1, 0.15) is 0 Å². The third kappa shape index (κ3) is 5.07. The first-order valence-electron chi connectivity index (χ1n) is 7.59. The van der Waals surface area contributed by atoms with Crippen LogP contribution >= 0.6 is 0 Å². The molecule has 3 rings (SSSR count). The zero-order valence-electron chi connectivity index (χ0n) is 13.8. The third-order valence-electron chi connectivity index (χ3n) is 3.57. The van der Waals surface area contributed by atoms with E-state index in [1.54, 1.807) is 12.2 Å². The van der Waals surface area contributed by atoms with Crippen molar-refractivity contribution in [3.63, 3.8) is 0 Å². The summed E-state index contributed by atoms with van der Waals surface area (Å²) in [6, 6.07) is 15.6. The highest BCUT2D eigenvalue weighted by atomic mass is 16.9. The average molecular weight is 349 g/mol. The van der Waals surface area contributed by atoms with Crippen LogP contribution in [0.3, 0.4) is 0 Å². The summed E-state index contributed by atoms with van der Waals surface area (Å²) in [6.45, 7) is 0. The minimum Gasteiger partial charge on any atom is -0.399 e. The molecule has 0 aromatic heterocycles. The first-order chi connectivity index (χ1) is 12.4. The lowest BCUT2D eigenvalue weighted by molar-refractivity contribution is -0.402. The van der Waals surface area contributed by atoms with Gasteiger partial charge in [0.25, 0.3) is 0 Å². The largest absolute Gasteiger partial charge is 0.399 e. The number of hydrogen-bond acceptors (Lipinski definition) is 6. The maximum atomic E-state index is 8.25. The molecule has 0 heterocycles. The van der Waals surface area contributed by atoms with Crippen molar-refractivity contribution in [1.82, 2.24) is 0 Å². The van der Waals surface area contributed by atoms with Crippen molar-refractivity contribution in [2.24, 2.45) is 0 Å². The van der Waals surface area contributed by atoms with Gasteiger partial charge in [0, 0.05) is 11.4 Å². The Kier molecular flexibility index (Phi) is 5.89. The molecule has 0 spiro atoms. The highest BCUT2D eigenvalue weighted by molar-refractivity contribution is 6.05. The highest BCUT2D eigenvalue weighted by Gasteiger charge is 2.10. The molecule has 2 aromatic carbocycles. The fraction of sp³-hybridized carbons (Fsp3) is 0. The Balaban J connectivity index is 0.000000552. The number of nitrogens with one attached hydrogen (secondary N) is 1. The molecule has 0 bridgehead atoms. The van der Waals surface area contributed by atoms with E-state index in [0.717, 1.165) is 33.6 Å². The fourth-order valence-corrected chi connectivity index (χ4v) is 2.44. The van der Waals surface area contributed by atoms with Gasteiger partial charge in [-0.05, 0) is 58.7 Å². The predicted octanol–water partition coefficient (Wildman–Crippen LogP) is 3.56. The number of nitrogens with two attached hydrogens (primary N) is 2. The number of allylic oxidation sites excluding steroid dienone is 5. The van der Waals surface area contributed by atoms with E-state index >= 15 is 0 Å². The van der Waals surface area contributed by atoms with Crippen molar-refractivity contribution in [2.75, 3.05) is 11.5 Å². The molecule has 1 aliphatic rings. The van der Waals surface area contributed by atoms with Crippen molar-refractivity contribution in [3.8, 4) is 0 Å². The van der Waals surface area contributed by atoms with Crippen molar-refractivity contribution in [2.45, 2.75) is 0 Å². The van der Waals surface area contributed by atoms with Gasteiger partial charge in [0.05, 0.1) is 10.8 Å². The van der Waals surface area contributed by atoms with E-state index in [2.05, 4.69) is 0 Å². The van der Waals surface area contributed by atoms with E-state index in [4.69, 9.17) is 32.2 Å². The molecule has 0 unspecified atom stereocenters. The van der Waals surface area contributed by atoms with Crippen LogP contribution in [0.5, 0.6) is 0 Å². The van der Waals surface area contributed by atoms with Crippen LogP contribution in [-0.2, 0) is 0 Å². The number of rotatable bonds is 2. The molecule has 0 amide bonds. The summed E-state index contributed by atoms with van der Waals surface area (Å²) in [5, 5.41) is 22.4. The minimum atomic E-state index is -1.75. The summed E-state index contributed by atoms with van der Waals surface area (Å²) < 4.78 is 0. The Hall–Kier alpha value is -3.87.